The number of rotatable bonds is 0. The van der Waals surface area contributed by atoms with E-state index >= 15 is 0 Å². The second-order valence-corrected chi connectivity index (χ2v) is 10.5. The van der Waals surface area contributed by atoms with Gasteiger partial charge in [-0.25, -0.2) is 51.7 Å². The van der Waals surface area contributed by atoms with Gasteiger partial charge in [0.25, 0.3) is 0 Å². The average molecular weight is 786 g/mol. The van der Waals surface area contributed by atoms with Crippen molar-refractivity contribution in [2.75, 3.05) is 0 Å². The first kappa shape index (κ1) is 56.7. The molecule has 0 aromatic rings. The van der Waals surface area contributed by atoms with Crippen molar-refractivity contribution >= 4 is 47.4 Å². The smallest absolute Gasteiger partial charge is 0.299 e. The fourth-order valence-electron chi connectivity index (χ4n) is 0.680. The van der Waals surface area contributed by atoms with Gasteiger partial charge in [0.1, 0.15) is 0 Å². The molecule has 2 rings (SSSR count). The minimum Gasteiger partial charge on any atom is -0.299 e. The Morgan fingerprint density at radius 1 is 0.415 bits per heavy atom. The Balaban J connectivity index is -0.0000000642. The van der Waals surface area contributed by atoms with Crippen LogP contribution in [0, 0.1) is 12.2 Å². The molecule has 0 radical (unpaired) electrons. The van der Waals surface area contributed by atoms with E-state index in [4.69, 9.17) is 86.1 Å². The van der Waals surface area contributed by atoms with Gasteiger partial charge < -0.3 is 0 Å². The predicted octanol–water partition coefficient (Wildman–Crippen LogP) is 2.90. The maximum atomic E-state index is 10.4. The standard InChI is InChI=1S/2C5H5.6FH2O3P.Fe/c2*1-2-4-5-3-1;6*1-5(2,3)4;/h2*1-3H,4H2;6*(H2,2,3,4);/q2*-1;;;;;;;+2. The third-order valence-corrected chi connectivity index (χ3v) is 1.17. The van der Waals surface area contributed by atoms with Gasteiger partial charge in [-0.15, -0.1) is 38.0 Å². The Bertz CT molecular complexity index is 788. The molecule has 18 nitrogen and oxygen atoms in total. The predicted molar refractivity (Wildman–Crippen MR) is 122 cm³/mol. The van der Waals surface area contributed by atoms with Gasteiger partial charge in [-0.3, -0.25) is 70.9 Å². The molecule has 0 fully saturated rings. The second-order valence-electron chi connectivity index (χ2n) is 4.84. The Morgan fingerprint density at radius 3 is 0.561 bits per heavy atom. The zero-order chi connectivity index (χ0) is 34.1. The van der Waals surface area contributed by atoms with Crippen LogP contribution in [-0.4, -0.2) is 58.7 Å². The topological polar surface area (TPSA) is 345 Å². The first-order chi connectivity index (χ1) is 17.0. The van der Waals surface area contributed by atoms with Gasteiger partial charge in [0.2, 0.25) is 0 Å². The van der Waals surface area contributed by atoms with E-state index in [9.17, 15) is 25.2 Å². The van der Waals surface area contributed by atoms with Crippen LogP contribution >= 0.6 is 47.4 Å². The molecule has 0 bridgehead atoms. The normalized spacial score (nSPS) is 12.9. The molecule has 0 aromatic heterocycles. The maximum absolute atomic E-state index is 10.4. The molecule has 41 heavy (non-hydrogen) atoms. The van der Waals surface area contributed by atoms with Crippen molar-refractivity contribution in [1.29, 1.82) is 0 Å². The summed E-state index contributed by atoms with van der Waals surface area (Å²) >= 11 is 0. The Hall–Kier alpha value is -0.0405. The Kier molecular flexibility index (Phi) is 39.7. The van der Waals surface area contributed by atoms with E-state index in [2.05, 4.69) is 24.3 Å². The summed E-state index contributed by atoms with van der Waals surface area (Å²) in [6.07, 6.45) is 20.0. The molecule has 0 atom stereocenters. The summed E-state index contributed by atoms with van der Waals surface area (Å²) < 4.78 is 114. The van der Waals surface area contributed by atoms with Crippen molar-refractivity contribution in [3.8, 4) is 0 Å². The zero-order valence-corrected chi connectivity index (χ0v) is 25.5. The molecule has 0 aromatic carbocycles. The van der Waals surface area contributed by atoms with E-state index in [-0.39, 0.29) is 17.1 Å². The van der Waals surface area contributed by atoms with Crippen molar-refractivity contribution in [1.82, 2.24) is 0 Å². The minimum atomic E-state index is -5.14. The zero-order valence-electron chi connectivity index (χ0n) is 19.0. The summed E-state index contributed by atoms with van der Waals surface area (Å²) in [4.78, 5) is 83.6. The van der Waals surface area contributed by atoms with Crippen molar-refractivity contribution in [2.24, 2.45) is 0 Å². The van der Waals surface area contributed by atoms with Crippen molar-refractivity contribution in [3.05, 3.63) is 48.6 Å². The fraction of sp³-hybridized carbons (Fsp3) is 0.200. The van der Waals surface area contributed by atoms with Gasteiger partial charge >= 0.3 is 64.5 Å². The summed E-state index contributed by atoms with van der Waals surface area (Å²) in [5, 5.41) is 0. The number of hydrogen-bond acceptors (Lipinski definition) is 6. The number of halogens is 6. The van der Waals surface area contributed by atoms with Crippen molar-refractivity contribution in [2.45, 2.75) is 12.8 Å². The van der Waals surface area contributed by atoms with E-state index < -0.39 is 47.4 Å². The molecule has 0 saturated heterocycles. The molecular weight excluding hydrogens is 764 g/mol. The molecule has 0 heterocycles. The van der Waals surface area contributed by atoms with E-state index in [1.807, 2.05) is 24.3 Å². The third-order valence-electron chi connectivity index (χ3n) is 1.17. The van der Waals surface area contributed by atoms with E-state index in [0.29, 0.717) is 0 Å². The molecule has 2 aliphatic carbocycles. The first-order valence-corrected chi connectivity index (χ1v) is 17.0. The number of allylic oxidation sites excluding steroid dienone is 8. The molecule has 2 aliphatic rings. The van der Waals surface area contributed by atoms with Gasteiger partial charge in [-0.2, -0.15) is 12.2 Å². The maximum Gasteiger partial charge on any atom is 2.00 e. The second kappa shape index (κ2) is 28.7. The summed E-state index contributed by atoms with van der Waals surface area (Å²) in [5.74, 6) is 0. The molecule has 0 unspecified atom stereocenters. The largest absolute Gasteiger partial charge is 2.00 e. The monoisotopic (exact) mass is 786 g/mol. The first-order valence-electron chi connectivity index (χ1n) is 7.94. The van der Waals surface area contributed by atoms with Crippen molar-refractivity contribution < 1.29 is 128 Å². The minimum absolute atomic E-state index is 0. The number of hydrogen-bond donors (Lipinski definition) is 12. The quantitative estimate of drug-likeness (QED) is 0.0726. The van der Waals surface area contributed by atoms with Crippen molar-refractivity contribution in [3.63, 3.8) is 0 Å². The Labute approximate surface area is 237 Å². The van der Waals surface area contributed by atoms with Crippen LogP contribution in [0.25, 0.3) is 0 Å². The Morgan fingerprint density at radius 2 is 0.537 bits per heavy atom. The molecule has 0 spiro atoms. The SMILES string of the molecule is O=P(O)(O)F.O=P(O)(O)F.O=P(O)(O)F.O=P(O)(O)F.O=P(O)(O)F.O=P(O)(O)F.[C-]1=CC=CC1.[C-]1=CC=CC1.[Fe+2]. The van der Waals surface area contributed by atoms with Crippen LogP contribution in [0.5, 0.6) is 0 Å². The third kappa shape index (κ3) is 580. The fourth-order valence-corrected chi connectivity index (χ4v) is 0.680. The van der Waals surface area contributed by atoms with Crippen LogP contribution in [0.1, 0.15) is 12.8 Å². The summed E-state index contributed by atoms with van der Waals surface area (Å²) in [5.41, 5.74) is 0. The molecule has 0 aliphatic heterocycles. The van der Waals surface area contributed by atoms with Crippen LogP contribution < -0.4 is 0 Å². The average Bonchev–Trinajstić information content (AvgIpc) is 3.25. The van der Waals surface area contributed by atoms with Gasteiger partial charge in [-0.1, -0.05) is 0 Å². The van der Waals surface area contributed by atoms with Crippen LogP contribution in [0.2, 0.25) is 0 Å². The molecule has 12 N–H and O–H groups in total. The van der Waals surface area contributed by atoms with Crippen LogP contribution in [-0.2, 0) is 44.5 Å². The van der Waals surface area contributed by atoms with Gasteiger partial charge in [0.15, 0.2) is 0 Å². The van der Waals surface area contributed by atoms with Gasteiger partial charge in [0, 0.05) is 0 Å². The van der Waals surface area contributed by atoms with Gasteiger partial charge in [-0.05, 0) is 0 Å². The molecule has 250 valence electrons. The van der Waals surface area contributed by atoms with E-state index in [1.54, 1.807) is 0 Å². The molecule has 0 amide bonds. The van der Waals surface area contributed by atoms with Crippen LogP contribution in [0.3, 0.4) is 0 Å². The summed E-state index contributed by atoms with van der Waals surface area (Å²) in [7, 11) is -30.8. The molecule has 31 heteroatoms. The van der Waals surface area contributed by atoms with E-state index in [0.717, 1.165) is 12.8 Å². The summed E-state index contributed by atoms with van der Waals surface area (Å²) in [6, 6.07) is 0. The van der Waals surface area contributed by atoms with Crippen LogP contribution in [0.15, 0.2) is 36.5 Å². The van der Waals surface area contributed by atoms with Crippen LogP contribution in [0.4, 0.5) is 25.2 Å². The van der Waals surface area contributed by atoms with E-state index in [1.165, 1.54) is 0 Å². The van der Waals surface area contributed by atoms with Gasteiger partial charge in [0.05, 0.1) is 0 Å². The molecular formula is C10H22F6FeO18P6. The molecule has 0 saturated carbocycles. The summed E-state index contributed by atoms with van der Waals surface area (Å²) in [6.45, 7) is 0.